The van der Waals surface area contributed by atoms with E-state index in [1.807, 2.05) is 31.2 Å². The van der Waals surface area contributed by atoms with Gasteiger partial charge < -0.3 is 5.84 Å². The van der Waals surface area contributed by atoms with E-state index in [4.69, 9.17) is 5.84 Å². The predicted molar refractivity (Wildman–Crippen MR) is 43.0 cm³/mol. The van der Waals surface area contributed by atoms with Crippen molar-refractivity contribution >= 4 is 6.21 Å². The van der Waals surface area contributed by atoms with Gasteiger partial charge in [0.1, 0.15) is 0 Å². The van der Waals surface area contributed by atoms with E-state index >= 15 is 0 Å². The number of aryl methyl sites for hydroxylation is 1. The smallest absolute Gasteiger partial charge is 0.0540 e. The molecule has 2 heteroatoms. The highest BCUT2D eigenvalue weighted by atomic mass is 15.1. The molecule has 0 aliphatic carbocycles. The Labute approximate surface area is 60.4 Å². The molecule has 1 aromatic carbocycles. The summed E-state index contributed by atoms with van der Waals surface area (Å²) in [5, 5.41) is 3.44. The summed E-state index contributed by atoms with van der Waals surface area (Å²) in [6.07, 6.45) is 1.65. The molecule has 2 nitrogen and oxygen atoms in total. The molecule has 0 bridgehead atoms. The fourth-order valence-corrected chi connectivity index (χ4v) is 0.812. The van der Waals surface area contributed by atoms with Gasteiger partial charge in [-0.2, -0.15) is 5.10 Å². The molecule has 0 radical (unpaired) electrons. The quantitative estimate of drug-likeness (QED) is 0.351. The van der Waals surface area contributed by atoms with Crippen molar-refractivity contribution in [1.29, 1.82) is 0 Å². The first-order valence-electron chi connectivity index (χ1n) is 3.13. The fourth-order valence-electron chi connectivity index (χ4n) is 0.812. The number of benzene rings is 1. The summed E-state index contributed by atoms with van der Waals surface area (Å²) in [7, 11) is 0. The Morgan fingerprint density at radius 3 is 2.70 bits per heavy atom. The lowest BCUT2D eigenvalue weighted by Gasteiger charge is -1.95. The SMILES string of the molecule is Cc1ccccc1/C=N\N. The molecule has 2 N–H and O–H groups in total. The van der Waals surface area contributed by atoms with Crippen molar-refractivity contribution in [2.24, 2.45) is 10.9 Å². The van der Waals surface area contributed by atoms with Crippen molar-refractivity contribution in [2.75, 3.05) is 0 Å². The van der Waals surface area contributed by atoms with E-state index in [2.05, 4.69) is 5.10 Å². The second-order valence-electron chi connectivity index (χ2n) is 2.13. The first-order valence-corrected chi connectivity index (χ1v) is 3.13. The van der Waals surface area contributed by atoms with Crippen LogP contribution in [0.2, 0.25) is 0 Å². The Bertz CT molecular complexity index is 241. The van der Waals surface area contributed by atoms with Crippen molar-refractivity contribution in [1.82, 2.24) is 0 Å². The maximum atomic E-state index is 5.00. The summed E-state index contributed by atoms with van der Waals surface area (Å²) in [6, 6.07) is 7.95. The number of hydrogen-bond donors (Lipinski definition) is 1. The molecule has 0 saturated heterocycles. The first-order chi connectivity index (χ1) is 4.84. The lowest BCUT2D eigenvalue weighted by molar-refractivity contribution is 1.26. The predicted octanol–water partition coefficient (Wildman–Crippen LogP) is 1.29. The van der Waals surface area contributed by atoms with E-state index in [1.54, 1.807) is 6.21 Å². The van der Waals surface area contributed by atoms with E-state index in [0.29, 0.717) is 0 Å². The van der Waals surface area contributed by atoms with Crippen LogP contribution in [-0.4, -0.2) is 6.21 Å². The van der Waals surface area contributed by atoms with Gasteiger partial charge >= 0.3 is 0 Å². The van der Waals surface area contributed by atoms with Gasteiger partial charge in [-0.1, -0.05) is 24.3 Å². The lowest BCUT2D eigenvalue weighted by atomic mass is 10.1. The Balaban J connectivity index is 3.03. The van der Waals surface area contributed by atoms with Gasteiger partial charge in [-0.3, -0.25) is 0 Å². The van der Waals surface area contributed by atoms with E-state index in [1.165, 1.54) is 5.56 Å². The van der Waals surface area contributed by atoms with E-state index in [9.17, 15) is 0 Å². The number of nitrogens with zero attached hydrogens (tertiary/aromatic N) is 1. The molecule has 1 aromatic rings. The second-order valence-corrected chi connectivity index (χ2v) is 2.13. The molecular weight excluding hydrogens is 124 g/mol. The van der Waals surface area contributed by atoms with E-state index in [0.717, 1.165) is 5.56 Å². The van der Waals surface area contributed by atoms with E-state index in [-0.39, 0.29) is 0 Å². The number of hydrazone groups is 1. The summed E-state index contributed by atoms with van der Waals surface area (Å²) < 4.78 is 0. The molecule has 10 heavy (non-hydrogen) atoms. The molecule has 0 atom stereocenters. The number of rotatable bonds is 1. The molecule has 1 rings (SSSR count). The molecule has 0 unspecified atom stereocenters. The largest absolute Gasteiger partial charge is 0.323 e. The molecular formula is C8H10N2. The van der Waals surface area contributed by atoms with Gasteiger partial charge in [0.05, 0.1) is 6.21 Å². The Hall–Kier alpha value is -1.31. The van der Waals surface area contributed by atoms with Crippen LogP contribution in [0.25, 0.3) is 0 Å². The summed E-state index contributed by atoms with van der Waals surface area (Å²) in [5.74, 6) is 5.00. The summed E-state index contributed by atoms with van der Waals surface area (Å²) in [4.78, 5) is 0. The van der Waals surface area contributed by atoms with Crippen molar-refractivity contribution in [3.8, 4) is 0 Å². The zero-order chi connectivity index (χ0) is 7.40. The number of nitrogens with two attached hydrogens (primary N) is 1. The maximum absolute atomic E-state index is 5.00. The van der Waals surface area contributed by atoms with Crippen LogP contribution in [0.15, 0.2) is 29.4 Å². The van der Waals surface area contributed by atoms with Crippen LogP contribution in [0, 0.1) is 6.92 Å². The fraction of sp³-hybridized carbons (Fsp3) is 0.125. The Morgan fingerprint density at radius 1 is 1.40 bits per heavy atom. The minimum absolute atomic E-state index is 1.07. The highest BCUT2D eigenvalue weighted by Gasteiger charge is 1.89. The highest BCUT2D eigenvalue weighted by Crippen LogP contribution is 2.02. The van der Waals surface area contributed by atoms with Crippen LogP contribution in [0.1, 0.15) is 11.1 Å². The van der Waals surface area contributed by atoms with E-state index < -0.39 is 0 Å². The van der Waals surface area contributed by atoms with Gasteiger partial charge in [0.25, 0.3) is 0 Å². The van der Waals surface area contributed by atoms with Gasteiger partial charge in [0.15, 0.2) is 0 Å². The van der Waals surface area contributed by atoms with Crippen LogP contribution in [0.3, 0.4) is 0 Å². The van der Waals surface area contributed by atoms with Gasteiger partial charge in [0.2, 0.25) is 0 Å². The normalized spacial score (nSPS) is 10.5. The lowest BCUT2D eigenvalue weighted by Crippen LogP contribution is -1.88. The topological polar surface area (TPSA) is 38.4 Å². The third kappa shape index (κ3) is 1.35. The molecule has 0 aromatic heterocycles. The summed E-state index contributed by atoms with van der Waals surface area (Å²) in [6.45, 7) is 2.02. The number of hydrogen-bond acceptors (Lipinski definition) is 2. The summed E-state index contributed by atoms with van der Waals surface area (Å²) >= 11 is 0. The van der Waals surface area contributed by atoms with Crippen molar-refractivity contribution in [3.05, 3.63) is 35.4 Å². The third-order valence-electron chi connectivity index (χ3n) is 1.40. The Kier molecular flexibility index (Phi) is 2.05. The van der Waals surface area contributed by atoms with Crippen molar-refractivity contribution < 1.29 is 0 Å². The van der Waals surface area contributed by atoms with Crippen LogP contribution in [0.4, 0.5) is 0 Å². The second kappa shape index (κ2) is 3.01. The minimum atomic E-state index is 1.07. The van der Waals surface area contributed by atoms with Crippen molar-refractivity contribution in [3.63, 3.8) is 0 Å². The molecule has 0 spiro atoms. The highest BCUT2D eigenvalue weighted by molar-refractivity contribution is 5.81. The molecule has 0 aliphatic heterocycles. The average Bonchev–Trinajstić information content (AvgIpc) is 1.94. The van der Waals surface area contributed by atoms with Crippen LogP contribution in [0.5, 0.6) is 0 Å². The minimum Gasteiger partial charge on any atom is -0.323 e. The van der Waals surface area contributed by atoms with Crippen LogP contribution >= 0.6 is 0 Å². The first kappa shape index (κ1) is 6.81. The maximum Gasteiger partial charge on any atom is 0.0540 e. The molecule has 0 heterocycles. The molecule has 0 amide bonds. The monoisotopic (exact) mass is 134 g/mol. The molecule has 0 fully saturated rings. The standard InChI is InChI=1S/C8H10N2/c1-7-4-2-3-5-8(7)6-10-9/h2-6H,9H2,1H3/b10-6-. The average molecular weight is 134 g/mol. The van der Waals surface area contributed by atoms with Crippen molar-refractivity contribution in [2.45, 2.75) is 6.92 Å². The van der Waals surface area contributed by atoms with Crippen LogP contribution < -0.4 is 5.84 Å². The van der Waals surface area contributed by atoms with Gasteiger partial charge in [-0.15, -0.1) is 0 Å². The molecule has 0 aliphatic rings. The Morgan fingerprint density at radius 2 is 2.10 bits per heavy atom. The zero-order valence-electron chi connectivity index (χ0n) is 5.91. The zero-order valence-corrected chi connectivity index (χ0v) is 5.91. The molecule has 0 saturated carbocycles. The molecule has 52 valence electrons. The third-order valence-corrected chi connectivity index (χ3v) is 1.40. The van der Waals surface area contributed by atoms with Gasteiger partial charge in [-0.25, -0.2) is 0 Å². The van der Waals surface area contributed by atoms with Gasteiger partial charge in [0, 0.05) is 0 Å². The van der Waals surface area contributed by atoms with Crippen LogP contribution in [-0.2, 0) is 0 Å². The summed E-state index contributed by atoms with van der Waals surface area (Å²) in [5.41, 5.74) is 2.27. The van der Waals surface area contributed by atoms with Gasteiger partial charge in [-0.05, 0) is 18.1 Å².